The van der Waals surface area contributed by atoms with Gasteiger partial charge in [0.1, 0.15) is 6.04 Å². The molecule has 0 radical (unpaired) electrons. The summed E-state index contributed by atoms with van der Waals surface area (Å²) >= 11 is 0. The van der Waals surface area contributed by atoms with E-state index in [4.69, 9.17) is 5.73 Å². The van der Waals surface area contributed by atoms with Crippen LogP contribution in [0.15, 0.2) is 0 Å². The summed E-state index contributed by atoms with van der Waals surface area (Å²) in [6, 6.07) is -0.539. The molecule has 4 heteroatoms. The molecule has 1 unspecified atom stereocenters. The molecular formula is C12H26N2O2. The predicted molar refractivity (Wildman–Crippen MR) is 66.1 cm³/mol. The van der Waals surface area contributed by atoms with Gasteiger partial charge in [0.15, 0.2) is 0 Å². The third-order valence-corrected chi connectivity index (χ3v) is 2.21. The van der Waals surface area contributed by atoms with E-state index in [1.165, 1.54) is 7.11 Å². The topological polar surface area (TPSA) is 55.6 Å². The Morgan fingerprint density at radius 1 is 1.12 bits per heavy atom. The molecule has 0 spiro atoms. The van der Waals surface area contributed by atoms with Crippen LogP contribution >= 0.6 is 0 Å². The Kier molecular flexibility index (Phi) is 7.34. The highest BCUT2D eigenvalue weighted by atomic mass is 16.5. The van der Waals surface area contributed by atoms with E-state index in [-0.39, 0.29) is 5.97 Å². The van der Waals surface area contributed by atoms with E-state index in [2.05, 4.69) is 37.3 Å². The first-order valence-electron chi connectivity index (χ1n) is 5.92. The van der Waals surface area contributed by atoms with Crippen molar-refractivity contribution in [3.63, 3.8) is 0 Å². The molecule has 2 N–H and O–H groups in total. The lowest BCUT2D eigenvalue weighted by atomic mass is 10.1. The fourth-order valence-corrected chi connectivity index (χ4v) is 1.76. The van der Waals surface area contributed by atoms with Crippen molar-refractivity contribution < 1.29 is 9.53 Å². The van der Waals surface area contributed by atoms with Crippen molar-refractivity contribution in [2.24, 2.45) is 17.6 Å². The Hall–Kier alpha value is -0.610. The summed E-state index contributed by atoms with van der Waals surface area (Å²) in [5.41, 5.74) is 5.76. The predicted octanol–water partition coefficient (Wildman–Crippen LogP) is 1.10. The lowest BCUT2D eigenvalue weighted by Crippen LogP contribution is -2.45. The van der Waals surface area contributed by atoms with Crippen LogP contribution in [0.5, 0.6) is 0 Å². The molecule has 96 valence electrons. The zero-order valence-electron chi connectivity index (χ0n) is 11.2. The summed E-state index contributed by atoms with van der Waals surface area (Å²) in [5.74, 6) is 0.810. The van der Waals surface area contributed by atoms with Gasteiger partial charge in [-0.3, -0.25) is 4.79 Å². The third kappa shape index (κ3) is 6.80. The van der Waals surface area contributed by atoms with Gasteiger partial charge in [0, 0.05) is 19.6 Å². The SMILES string of the molecule is COC(=O)C(N)CN(CC(C)C)CC(C)C. The van der Waals surface area contributed by atoms with Gasteiger partial charge < -0.3 is 15.4 Å². The second-order valence-corrected chi connectivity index (χ2v) is 5.14. The van der Waals surface area contributed by atoms with Crippen molar-refractivity contribution in [2.75, 3.05) is 26.7 Å². The normalized spacial score (nSPS) is 13.6. The highest BCUT2D eigenvalue weighted by Gasteiger charge is 2.19. The van der Waals surface area contributed by atoms with E-state index < -0.39 is 6.04 Å². The smallest absolute Gasteiger partial charge is 0.323 e. The number of hydrogen-bond acceptors (Lipinski definition) is 4. The number of nitrogens with zero attached hydrogens (tertiary/aromatic N) is 1. The number of carbonyl (C=O) groups is 1. The van der Waals surface area contributed by atoms with Gasteiger partial charge >= 0.3 is 5.97 Å². The van der Waals surface area contributed by atoms with Crippen LogP contribution in [-0.4, -0.2) is 43.7 Å². The van der Waals surface area contributed by atoms with Gasteiger partial charge in [0.2, 0.25) is 0 Å². The molecule has 0 rings (SSSR count). The third-order valence-electron chi connectivity index (χ3n) is 2.21. The fraction of sp³-hybridized carbons (Fsp3) is 0.917. The van der Waals surface area contributed by atoms with Gasteiger partial charge in [0.25, 0.3) is 0 Å². The number of methoxy groups -OCH3 is 1. The van der Waals surface area contributed by atoms with Gasteiger partial charge in [-0.1, -0.05) is 27.7 Å². The number of nitrogens with two attached hydrogens (primary N) is 1. The van der Waals surface area contributed by atoms with E-state index in [0.29, 0.717) is 18.4 Å². The molecule has 0 aliphatic carbocycles. The van der Waals surface area contributed by atoms with Crippen molar-refractivity contribution in [1.82, 2.24) is 4.90 Å². The van der Waals surface area contributed by atoms with Crippen LogP contribution in [0.4, 0.5) is 0 Å². The first-order valence-corrected chi connectivity index (χ1v) is 5.92. The summed E-state index contributed by atoms with van der Waals surface area (Å²) in [7, 11) is 1.37. The molecule has 0 aromatic rings. The van der Waals surface area contributed by atoms with Crippen LogP contribution < -0.4 is 5.73 Å². The maximum absolute atomic E-state index is 11.2. The molecule has 0 aliphatic rings. The minimum Gasteiger partial charge on any atom is -0.468 e. The van der Waals surface area contributed by atoms with Crippen LogP contribution in [0.1, 0.15) is 27.7 Å². The number of esters is 1. The molecule has 0 fully saturated rings. The molecular weight excluding hydrogens is 204 g/mol. The van der Waals surface area contributed by atoms with Gasteiger partial charge in [-0.25, -0.2) is 0 Å². The maximum Gasteiger partial charge on any atom is 0.323 e. The fourth-order valence-electron chi connectivity index (χ4n) is 1.76. The Labute approximate surface area is 99.1 Å². The average Bonchev–Trinajstić information content (AvgIpc) is 2.14. The van der Waals surface area contributed by atoms with Crippen molar-refractivity contribution in [3.05, 3.63) is 0 Å². The second-order valence-electron chi connectivity index (χ2n) is 5.14. The summed E-state index contributed by atoms with van der Waals surface area (Å²) < 4.78 is 4.63. The van der Waals surface area contributed by atoms with Crippen molar-refractivity contribution in [2.45, 2.75) is 33.7 Å². The summed E-state index contributed by atoms with van der Waals surface area (Å²) in [6.45, 7) is 11.1. The lowest BCUT2D eigenvalue weighted by molar-refractivity contribution is -0.142. The molecule has 1 atom stereocenters. The van der Waals surface area contributed by atoms with Gasteiger partial charge in [-0.15, -0.1) is 0 Å². The first kappa shape index (κ1) is 15.4. The molecule has 0 heterocycles. The summed E-state index contributed by atoms with van der Waals surface area (Å²) in [6.07, 6.45) is 0. The molecule has 4 nitrogen and oxygen atoms in total. The maximum atomic E-state index is 11.2. The van der Waals surface area contributed by atoms with Gasteiger partial charge in [-0.05, 0) is 11.8 Å². The first-order chi connectivity index (χ1) is 7.36. The van der Waals surface area contributed by atoms with E-state index in [9.17, 15) is 4.79 Å². The second kappa shape index (κ2) is 7.63. The van der Waals surface area contributed by atoms with E-state index in [1.807, 2.05) is 0 Å². The Balaban J connectivity index is 4.24. The van der Waals surface area contributed by atoms with Crippen molar-refractivity contribution >= 4 is 5.97 Å². The van der Waals surface area contributed by atoms with E-state index in [1.54, 1.807) is 0 Å². The monoisotopic (exact) mass is 230 g/mol. The minimum absolute atomic E-state index is 0.336. The lowest BCUT2D eigenvalue weighted by Gasteiger charge is -2.27. The highest BCUT2D eigenvalue weighted by molar-refractivity contribution is 5.75. The largest absolute Gasteiger partial charge is 0.468 e. The van der Waals surface area contributed by atoms with Gasteiger partial charge in [0.05, 0.1) is 7.11 Å². The van der Waals surface area contributed by atoms with E-state index >= 15 is 0 Å². The van der Waals surface area contributed by atoms with Crippen molar-refractivity contribution in [3.8, 4) is 0 Å². The zero-order valence-corrected chi connectivity index (χ0v) is 11.2. The van der Waals surface area contributed by atoms with Crippen LogP contribution in [0, 0.1) is 11.8 Å². The molecule has 0 bridgehead atoms. The molecule has 0 amide bonds. The summed E-state index contributed by atoms with van der Waals surface area (Å²) in [4.78, 5) is 13.5. The average molecular weight is 230 g/mol. The minimum atomic E-state index is -0.539. The van der Waals surface area contributed by atoms with Crippen LogP contribution in [0.25, 0.3) is 0 Å². The molecule has 0 saturated carbocycles. The number of rotatable bonds is 7. The number of hydrogen-bond donors (Lipinski definition) is 1. The quantitative estimate of drug-likeness (QED) is 0.665. The molecule has 0 aliphatic heterocycles. The number of carbonyl (C=O) groups excluding carboxylic acids is 1. The molecule has 0 aromatic carbocycles. The Morgan fingerprint density at radius 3 is 1.88 bits per heavy atom. The van der Waals surface area contributed by atoms with Crippen LogP contribution in [0.2, 0.25) is 0 Å². The Morgan fingerprint density at radius 2 is 1.56 bits per heavy atom. The van der Waals surface area contributed by atoms with E-state index in [0.717, 1.165) is 13.1 Å². The van der Waals surface area contributed by atoms with Gasteiger partial charge in [-0.2, -0.15) is 0 Å². The Bertz CT molecular complexity index is 195. The van der Waals surface area contributed by atoms with Crippen molar-refractivity contribution in [1.29, 1.82) is 0 Å². The summed E-state index contributed by atoms with van der Waals surface area (Å²) in [5, 5.41) is 0. The highest BCUT2D eigenvalue weighted by Crippen LogP contribution is 2.04. The number of ether oxygens (including phenoxy) is 1. The zero-order chi connectivity index (χ0) is 12.7. The van der Waals surface area contributed by atoms with Crippen LogP contribution in [-0.2, 0) is 9.53 Å². The molecule has 0 aromatic heterocycles. The van der Waals surface area contributed by atoms with Crippen LogP contribution in [0.3, 0.4) is 0 Å². The standard InChI is InChI=1S/C12H26N2O2/c1-9(2)6-14(7-10(3)4)8-11(13)12(15)16-5/h9-11H,6-8,13H2,1-5H3. The molecule has 0 saturated heterocycles. The molecule has 16 heavy (non-hydrogen) atoms.